The van der Waals surface area contributed by atoms with Gasteiger partial charge in [-0.3, -0.25) is 0 Å². The van der Waals surface area contributed by atoms with Gasteiger partial charge in [0, 0.05) is 0 Å². The quantitative estimate of drug-likeness (QED) is 0.305. The molecule has 0 atom stereocenters. The van der Waals surface area contributed by atoms with E-state index in [1.165, 1.54) is 42.9 Å². The van der Waals surface area contributed by atoms with Crippen molar-refractivity contribution < 1.29 is 0 Å². The fourth-order valence-electron chi connectivity index (χ4n) is 1.52. The maximum Gasteiger partial charge on any atom is -0.0184 e. The molecule has 3 aromatic rings. The Bertz CT molecular complexity index is 495. The monoisotopic (exact) mass is 473 g/mol. The van der Waals surface area contributed by atoms with Crippen LogP contribution in [0.25, 0.3) is 10.8 Å². The molecule has 0 aliphatic heterocycles. The van der Waals surface area contributed by atoms with E-state index < -0.39 is 0 Å². The number of rotatable bonds is 0. The fraction of sp³-hybridized carbons (Fsp3) is 0.529. The standard InChI is InChI=1S/C10H8.C6H6.5C3H8.C2H6.CH4/c1-2-6-10-8-4-3-7-9(10)5-1;1-2-4-6-5-3-1;5*1-3-2;1-2;/h1-8H;1-6H;5*3H2,1-2H3;1-2H3;1H4. The maximum atomic E-state index is 2.12. The van der Waals surface area contributed by atoms with Gasteiger partial charge < -0.3 is 0 Å². The molecule has 0 aliphatic rings. The molecule has 0 amide bonds. The van der Waals surface area contributed by atoms with Gasteiger partial charge in [0.2, 0.25) is 0 Å². The van der Waals surface area contributed by atoms with Crippen molar-refractivity contribution in [1.82, 2.24) is 0 Å². The van der Waals surface area contributed by atoms with E-state index in [2.05, 4.69) is 118 Å². The van der Waals surface area contributed by atoms with E-state index in [9.17, 15) is 0 Å². The van der Waals surface area contributed by atoms with Crippen LogP contribution < -0.4 is 0 Å². The zero-order chi connectivity index (χ0) is 26.6. The molecular formula is C34H64. The average molecular weight is 473 g/mol. The van der Waals surface area contributed by atoms with Crippen LogP contribution in [0.1, 0.15) is 123 Å². The van der Waals surface area contributed by atoms with Gasteiger partial charge >= 0.3 is 0 Å². The van der Waals surface area contributed by atoms with Crippen LogP contribution in [0.5, 0.6) is 0 Å². The first-order chi connectivity index (χ1) is 16.0. The Hall–Kier alpha value is -2.08. The normalized spacial score (nSPS) is 7.18. The summed E-state index contributed by atoms with van der Waals surface area (Å²) in [5.41, 5.74) is 0. The van der Waals surface area contributed by atoms with E-state index in [0.717, 1.165) is 0 Å². The number of hydrogen-bond acceptors (Lipinski definition) is 0. The molecule has 200 valence electrons. The first-order valence-electron chi connectivity index (χ1n) is 13.5. The lowest BCUT2D eigenvalue weighted by atomic mass is 10.1. The highest BCUT2D eigenvalue weighted by Crippen LogP contribution is 2.11. The largest absolute Gasteiger partial charge is 0.0776 e. The molecule has 0 heterocycles. The summed E-state index contributed by atoms with van der Waals surface area (Å²) in [6.07, 6.45) is 6.25. The van der Waals surface area contributed by atoms with Crippen molar-refractivity contribution in [3.8, 4) is 0 Å². The van der Waals surface area contributed by atoms with Crippen LogP contribution in [0.2, 0.25) is 0 Å². The van der Waals surface area contributed by atoms with E-state index in [1.54, 1.807) is 0 Å². The van der Waals surface area contributed by atoms with Crippen molar-refractivity contribution in [2.24, 2.45) is 0 Å². The van der Waals surface area contributed by atoms with E-state index >= 15 is 0 Å². The van der Waals surface area contributed by atoms with Gasteiger partial charge in [0.25, 0.3) is 0 Å². The molecule has 0 nitrogen and oxygen atoms in total. The predicted molar refractivity (Wildman–Crippen MR) is 168 cm³/mol. The minimum absolute atomic E-state index is 0. The molecule has 0 spiro atoms. The summed E-state index contributed by atoms with van der Waals surface area (Å²) in [6, 6.07) is 28.7. The lowest BCUT2D eigenvalue weighted by Gasteiger charge is -1.92. The highest BCUT2D eigenvalue weighted by molar-refractivity contribution is 5.81. The van der Waals surface area contributed by atoms with Gasteiger partial charge in [0.15, 0.2) is 0 Å². The fourth-order valence-corrected chi connectivity index (χ4v) is 1.52. The molecule has 0 unspecified atom stereocenters. The summed E-state index contributed by atoms with van der Waals surface area (Å²) >= 11 is 0. The minimum Gasteiger partial charge on any atom is -0.0776 e. The van der Waals surface area contributed by atoms with Crippen LogP contribution in [0, 0.1) is 0 Å². The van der Waals surface area contributed by atoms with Crippen LogP contribution in [0.15, 0.2) is 84.9 Å². The Morgan fingerprint density at radius 3 is 0.559 bits per heavy atom. The van der Waals surface area contributed by atoms with Crippen LogP contribution >= 0.6 is 0 Å². The number of fused-ring (bicyclic) bond motifs is 1. The SMILES string of the molecule is C.CC.CCC.CCC.CCC.CCC.CCC.c1ccc2ccccc2c1.c1ccccc1. The Morgan fingerprint density at radius 1 is 0.324 bits per heavy atom. The molecule has 0 saturated heterocycles. The van der Waals surface area contributed by atoms with Crippen LogP contribution in [-0.2, 0) is 0 Å². The lowest BCUT2D eigenvalue weighted by molar-refractivity contribution is 1.09. The van der Waals surface area contributed by atoms with Crippen molar-refractivity contribution >= 4 is 10.8 Å². The van der Waals surface area contributed by atoms with Crippen LogP contribution in [-0.4, -0.2) is 0 Å². The highest BCUT2D eigenvalue weighted by Gasteiger charge is 1.85. The molecule has 0 aliphatic carbocycles. The molecule has 0 heteroatoms. The molecular weight excluding hydrogens is 408 g/mol. The topological polar surface area (TPSA) is 0 Å². The second kappa shape index (κ2) is 52.7. The minimum atomic E-state index is 0. The summed E-state index contributed by atoms with van der Waals surface area (Å²) in [4.78, 5) is 0. The number of hydrogen-bond donors (Lipinski definition) is 0. The molecule has 0 fully saturated rings. The smallest absolute Gasteiger partial charge is 0.0184 e. The summed E-state index contributed by atoms with van der Waals surface area (Å²) in [5, 5.41) is 2.62. The van der Waals surface area contributed by atoms with Gasteiger partial charge in [-0.15, -0.1) is 0 Å². The van der Waals surface area contributed by atoms with Gasteiger partial charge in [-0.05, 0) is 10.8 Å². The zero-order valence-electron chi connectivity index (χ0n) is 24.6. The Balaban J connectivity index is -0.0000000719. The molecule has 0 bridgehead atoms. The second-order valence-electron chi connectivity index (χ2n) is 7.04. The molecule has 34 heavy (non-hydrogen) atoms. The van der Waals surface area contributed by atoms with Gasteiger partial charge in [-0.2, -0.15) is 0 Å². The third-order valence-electron chi connectivity index (χ3n) is 2.33. The van der Waals surface area contributed by atoms with Crippen LogP contribution in [0.3, 0.4) is 0 Å². The molecule has 0 aromatic heterocycles. The second-order valence-corrected chi connectivity index (χ2v) is 7.04. The van der Waals surface area contributed by atoms with Gasteiger partial charge in [0.05, 0.1) is 0 Å². The van der Waals surface area contributed by atoms with Crippen molar-refractivity contribution in [3.05, 3.63) is 84.9 Å². The van der Waals surface area contributed by atoms with E-state index in [1.807, 2.05) is 50.2 Å². The summed E-state index contributed by atoms with van der Waals surface area (Å²) in [5.74, 6) is 0. The molecule has 0 radical (unpaired) electrons. The Morgan fingerprint density at radius 2 is 0.441 bits per heavy atom. The van der Waals surface area contributed by atoms with Crippen molar-refractivity contribution in [1.29, 1.82) is 0 Å². The molecule has 3 rings (SSSR count). The summed E-state index contributed by atoms with van der Waals surface area (Å²) in [6.45, 7) is 25.2. The zero-order valence-corrected chi connectivity index (χ0v) is 24.6. The highest BCUT2D eigenvalue weighted by atomic mass is 13.9. The predicted octanol–water partition coefficient (Wildman–Crippen LogP) is 13.3. The van der Waals surface area contributed by atoms with Crippen molar-refractivity contribution in [3.63, 3.8) is 0 Å². The van der Waals surface area contributed by atoms with Gasteiger partial charge in [-0.1, -0.05) is 208 Å². The van der Waals surface area contributed by atoms with E-state index in [4.69, 9.17) is 0 Å². The molecule has 0 N–H and O–H groups in total. The van der Waals surface area contributed by atoms with Crippen LogP contribution in [0.4, 0.5) is 0 Å². The summed E-state index contributed by atoms with van der Waals surface area (Å²) in [7, 11) is 0. The first kappa shape index (κ1) is 45.4. The lowest BCUT2D eigenvalue weighted by Crippen LogP contribution is -1.67. The average Bonchev–Trinajstić information content (AvgIpc) is 2.85. The van der Waals surface area contributed by atoms with Crippen molar-refractivity contribution in [2.45, 2.75) is 123 Å². The van der Waals surface area contributed by atoms with E-state index in [0.29, 0.717) is 0 Å². The molecule has 0 saturated carbocycles. The number of benzene rings is 3. The first-order valence-corrected chi connectivity index (χ1v) is 13.5. The summed E-state index contributed by atoms with van der Waals surface area (Å²) < 4.78 is 0. The van der Waals surface area contributed by atoms with Gasteiger partial charge in [-0.25, -0.2) is 0 Å². The van der Waals surface area contributed by atoms with Gasteiger partial charge in [0.1, 0.15) is 0 Å². The molecule has 3 aromatic carbocycles. The third kappa shape index (κ3) is 52.1. The third-order valence-corrected chi connectivity index (χ3v) is 2.33. The maximum absolute atomic E-state index is 2.12. The Labute approximate surface area is 218 Å². The Kier molecular flexibility index (Phi) is 70.4. The van der Waals surface area contributed by atoms with Crippen molar-refractivity contribution in [2.75, 3.05) is 0 Å². The van der Waals surface area contributed by atoms with E-state index in [-0.39, 0.29) is 7.43 Å².